The zero-order valence-corrected chi connectivity index (χ0v) is 8.86. The van der Waals surface area contributed by atoms with Crippen molar-refractivity contribution in [2.45, 2.75) is 6.17 Å². The van der Waals surface area contributed by atoms with Gasteiger partial charge in [-0.3, -0.25) is 9.69 Å². The lowest BCUT2D eigenvalue weighted by molar-refractivity contribution is -0.115. The summed E-state index contributed by atoms with van der Waals surface area (Å²) >= 11 is 0. The van der Waals surface area contributed by atoms with Crippen LogP contribution in [0, 0.1) is 0 Å². The molecule has 0 saturated heterocycles. The number of dihydropyridines is 1. The van der Waals surface area contributed by atoms with Crippen LogP contribution in [-0.2, 0) is 4.79 Å². The van der Waals surface area contributed by atoms with Crippen LogP contribution in [0.4, 0.5) is 0 Å². The van der Waals surface area contributed by atoms with E-state index in [1.165, 1.54) is 11.3 Å². The van der Waals surface area contributed by atoms with Crippen LogP contribution in [0.2, 0.25) is 0 Å². The van der Waals surface area contributed by atoms with E-state index in [4.69, 9.17) is 5.73 Å². The maximum atomic E-state index is 11.1. The van der Waals surface area contributed by atoms with Crippen molar-refractivity contribution in [2.24, 2.45) is 5.73 Å². The van der Waals surface area contributed by atoms with Gasteiger partial charge in [-0.1, -0.05) is 12.2 Å². The zero-order chi connectivity index (χ0) is 11.1. The number of amides is 1. The Morgan fingerprint density at radius 3 is 3.25 bits per heavy atom. The second kappa shape index (κ2) is 3.38. The smallest absolute Gasteiger partial charge is 0.264 e. The maximum Gasteiger partial charge on any atom is 0.264 e. The van der Waals surface area contributed by atoms with Crippen LogP contribution in [-0.4, -0.2) is 36.6 Å². The normalized spacial score (nSPS) is 27.8. The van der Waals surface area contributed by atoms with Crippen molar-refractivity contribution in [1.82, 2.24) is 15.5 Å². The van der Waals surface area contributed by atoms with E-state index in [0.717, 1.165) is 19.6 Å². The highest BCUT2D eigenvalue weighted by molar-refractivity contribution is 5.91. The summed E-state index contributed by atoms with van der Waals surface area (Å²) in [6.45, 7) is 2.53. The van der Waals surface area contributed by atoms with Gasteiger partial charge in [0, 0.05) is 19.6 Å². The highest BCUT2D eigenvalue weighted by Crippen LogP contribution is 2.26. The second-order valence-corrected chi connectivity index (χ2v) is 4.18. The molecule has 1 atom stereocenters. The summed E-state index contributed by atoms with van der Waals surface area (Å²) in [4.78, 5) is 13.4. The molecule has 5 heteroatoms. The molecule has 0 aromatic rings. The Hall–Kier alpha value is -1.75. The number of nitrogens with zero attached hydrogens (tertiary/aromatic N) is 1. The van der Waals surface area contributed by atoms with Gasteiger partial charge < -0.3 is 16.4 Å². The first-order valence-electron chi connectivity index (χ1n) is 5.40. The van der Waals surface area contributed by atoms with Crippen LogP contribution in [0.1, 0.15) is 0 Å². The SMILES string of the molecule is NC(=O)C1=CCN2CC3=C(NCC=C3)C2N1. The van der Waals surface area contributed by atoms with Gasteiger partial charge in [0.1, 0.15) is 6.17 Å². The number of primary amides is 1. The van der Waals surface area contributed by atoms with Gasteiger partial charge in [0.25, 0.3) is 5.91 Å². The van der Waals surface area contributed by atoms with Crippen molar-refractivity contribution in [2.75, 3.05) is 19.6 Å². The second-order valence-electron chi connectivity index (χ2n) is 4.18. The number of carbonyl (C=O) groups is 1. The van der Waals surface area contributed by atoms with Crippen molar-refractivity contribution >= 4 is 5.91 Å². The standard InChI is InChI=1S/C11H14N4O/c12-10(16)8-3-5-15-6-7-2-1-4-13-9(7)11(15)14-8/h1-3,11,13-14H,4-6H2,(H2,12,16). The molecule has 3 rings (SSSR count). The lowest BCUT2D eigenvalue weighted by Gasteiger charge is -2.32. The molecule has 5 nitrogen and oxygen atoms in total. The fourth-order valence-electron chi connectivity index (χ4n) is 2.40. The first kappa shape index (κ1) is 9.47. The number of hydrogen-bond donors (Lipinski definition) is 3. The molecule has 0 radical (unpaired) electrons. The Bertz CT molecular complexity index is 435. The van der Waals surface area contributed by atoms with E-state index in [1.54, 1.807) is 0 Å². The summed E-state index contributed by atoms with van der Waals surface area (Å²) < 4.78 is 0. The number of fused-ring (bicyclic) bond motifs is 2. The van der Waals surface area contributed by atoms with Gasteiger partial charge in [0.05, 0.1) is 11.4 Å². The van der Waals surface area contributed by atoms with E-state index >= 15 is 0 Å². The monoisotopic (exact) mass is 218 g/mol. The van der Waals surface area contributed by atoms with Crippen molar-refractivity contribution in [3.8, 4) is 0 Å². The average molecular weight is 218 g/mol. The molecule has 16 heavy (non-hydrogen) atoms. The predicted molar refractivity (Wildman–Crippen MR) is 59.9 cm³/mol. The van der Waals surface area contributed by atoms with Crippen molar-refractivity contribution in [1.29, 1.82) is 0 Å². The van der Waals surface area contributed by atoms with E-state index in [2.05, 4.69) is 27.7 Å². The van der Waals surface area contributed by atoms with E-state index < -0.39 is 0 Å². The third-order valence-electron chi connectivity index (χ3n) is 3.17. The average Bonchev–Trinajstić information content (AvgIpc) is 2.66. The molecule has 1 unspecified atom stereocenters. The molecule has 0 aromatic carbocycles. The fraction of sp³-hybridized carbons (Fsp3) is 0.364. The molecule has 0 fully saturated rings. The minimum Gasteiger partial charge on any atom is -0.382 e. The van der Waals surface area contributed by atoms with Crippen LogP contribution in [0.5, 0.6) is 0 Å². The third-order valence-corrected chi connectivity index (χ3v) is 3.17. The number of hydrogen-bond acceptors (Lipinski definition) is 4. The molecule has 3 aliphatic rings. The molecular formula is C11H14N4O. The Morgan fingerprint density at radius 1 is 1.56 bits per heavy atom. The highest BCUT2D eigenvalue weighted by Gasteiger charge is 2.35. The molecule has 1 amide bonds. The van der Waals surface area contributed by atoms with E-state index in [1.807, 2.05) is 6.08 Å². The molecule has 3 heterocycles. The van der Waals surface area contributed by atoms with Crippen LogP contribution in [0.3, 0.4) is 0 Å². The minimum absolute atomic E-state index is 0.0763. The lowest BCUT2D eigenvalue weighted by Crippen LogP contribution is -2.50. The number of rotatable bonds is 1. The molecule has 0 aliphatic carbocycles. The van der Waals surface area contributed by atoms with Crippen molar-refractivity contribution < 1.29 is 4.79 Å². The van der Waals surface area contributed by atoms with Crippen molar-refractivity contribution in [3.05, 3.63) is 35.2 Å². The van der Waals surface area contributed by atoms with Gasteiger partial charge in [-0.15, -0.1) is 0 Å². The number of nitrogens with two attached hydrogens (primary N) is 1. The Labute approximate surface area is 93.7 Å². The Balaban J connectivity index is 1.88. The van der Waals surface area contributed by atoms with Gasteiger partial charge in [0.15, 0.2) is 0 Å². The largest absolute Gasteiger partial charge is 0.382 e. The summed E-state index contributed by atoms with van der Waals surface area (Å²) in [6.07, 6.45) is 6.18. The summed E-state index contributed by atoms with van der Waals surface area (Å²) in [7, 11) is 0. The summed E-state index contributed by atoms with van der Waals surface area (Å²) in [6, 6.07) is 0. The Kier molecular flexibility index (Phi) is 2.00. The molecule has 84 valence electrons. The van der Waals surface area contributed by atoms with Gasteiger partial charge >= 0.3 is 0 Å². The van der Waals surface area contributed by atoms with Crippen LogP contribution in [0.25, 0.3) is 0 Å². The third kappa shape index (κ3) is 1.32. The van der Waals surface area contributed by atoms with E-state index in [0.29, 0.717) is 5.70 Å². The molecule has 0 aromatic heterocycles. The quantitative estimate of drug-likeness (QED) is 0.529. The van der Waals surface area contributed by atoms with E-state index in [9.17, 15) is 4.79 Å². The first-order valence-corrected chi connectivity index (χ1v) is 5.40. The molecule has 3 aliphatic heterocycles. The molecule has 4 N–H and O–H groups in total. The predicted octanol–water partition coefficient (Wildman–Crippen LogP) is -0.986. The molecule has 0 saturated carbocycles. The summed E-state index contributed by atoms with van der Waals surface area (Å²) in [5.41, 5.74) is 8.27. The van der Waals surface area contributed by atoms with Crippen molar-refractivity contribution in [3.63, 3.8) is 0 Å². The number of carbonyl (C=O) groups excluding carboxylic acids is 1. The molecule has 0 bridgehead atoms. The fourth-order valence-corrected chi connectivity index (χ4v) is 2.40. The van der Waals surface area contributed by atoms with Gasteiger partial charge in [-0.25, -0.2) is 0 Å². The molecule has 0 spiro atoms. The first-order chi connectivity index (χ1) is 7.75. The topological polar surface area (TPSA) is 70.4 Å². The van der Waals surface area contributed by atoms with E-state index in [-0.39, 0.29) is 12.1 Å². The highest BCUT2D eigenvalue weighted by atomic mass is 16.1. The van der Waals surface area contributed by atoms with Crippen LogP contribution < -0.4 is 16.4 Å². The lowest BCUT2D eigenvalue weighted by atomic mass is 10.1. The maximum absolute atomic E-state index is 11.1. The van der Waals surface area contributed by atoms with Gasteiger partial charge in [-0.05, 0) is 11.6 Å². The Morgan fingerprint density at radius 2 is 2.44 bits per heavy atom. The summed E-state index contributed by atoms with van der Waals surface area (Å²) in [5.74, 6) is -0.389. The zero-order valence-electron chi connectivity index (χ0n) is 8.86. The van der Waals surface area contributed by atoms with Gasteiger partial charge in [-0.2, -0.15) is 0 Å². The minimum atomic E-state index is -0.389. The summed E-state index contributed by atoms with van der Waals surface area (Å²) in [5, 5.41) is 6.52. The van der Waals surface area contributed by atoms with Gasteiger partial charge in [0.2, 0.25) is 0 Å². The van der Waals surface area contributed by atoms with Crippen LogP contribution >= 0.6 is 0 Å². The molecular weight excluding hydrogens is 204 g/mol. The number of nitrogens with one attached hydrogen (secondary N) is 2. The van der Waals surface area contributed by atoms with Crippen LogP contribution in [0.15, 0.2) is 35.2 Å².